The summed E-state index contributed by atoms with van der Waals surface area (Å²) in [6, 6.07) is 12.4. The second kappa shape index (κ2) is 10.5. The van der Waals surface area contributed by atoms with Crippen molar-refractivity contribution in [2.75, 3.05) is 12.3 Å². The fraction of sp³-hybridized carbons (Fsp3) is 0.333. The number of carbonyl (C=O) groups is 2. The zero-order chi connectivity index (χ0) is 23.3. The second-order valence-corrected chi connectivity index (χ2v) is 9.04. The van der Waals surface area contributed by atoms with E-state index >= 15 is 0 Å². The van der Waals surface area contributed by atoms with Crippen LogP contribution >= 0.6 is 11.8 Å². The van der Waals surface area contributed by atoms with Crippen molar-refractivity contribution in [3.8, 4) is 5.69 Å². The van der Waals surface area contributed by atoms with Gasteiger partial charge in [-0.15, -0.1) is 0 Å². The SMILES string of the molecule is Cc1ccc(-n2c(SCC(=O)NC(=O)NCCC(C)C)nc3ccccc3c2=O)cc1C. The van der Waals surface area contributed by atoms with Crippen molar-refractivity contribution >= 4 is 34.6 Å². The smallest absolute Gasteiger partial charge is 0.321 e. The number of hydrogen-bond donors (Lipinski definition) is 2. The Kier molecular flexibility index (Phi) is 7.69. The first-order chi connectivity index (χ1) is 15.3. The normalized spacial score (nSPS) is 11.0. The van der Waals surface area contributed by atoms with E-state index in [4.69, 9.17) is 0 Å². The Morgan fingerprint density at radius 2 is 1.84 bits per heavy atom. The molecule has 7 nitrogen and oxygen atoms in total. The van der Waals surface area contributed by atoms with Crippen LogP contribution in [0.25, 0.3) is 16.6 Å². The van der Waals surface area contributed by atoms with Gasteiger partial charge in [-0.25, -0.2) is 9.78 Å². The Labute approximate surface area is 191 Å². The van der Waals surface area contributed by atoms with Crippen molar-refractivity contribution in [2.45, 2.75) is 39.3 Å². The molecular formula is C24H28N4O3S. The molecule has 0 fully saturated rings. The van der Waals surface area contributed by atoms with E-state index in [1.54, 1.807) is 18.2 Å². The molecule has 1 heterocycles. The number of carbonyl (C=O) groups excluding carboxylic acids is 2. The van der Waals surface area contributed by atoms with E-state index in [-0.39, 0.29) is 11.3 Å². The molecule has 8 heteroatoms. The molecule has 0 aliphatic rings. The third-order valence-corrected chi connectivity index (χ3v) is 6.02. The summed E-state index contributed by atoms with van der Waals surface area (Å²) in [5.41, 5.74) is 3.22. The molecule has 0 bridgehead atoms. The minimum Gasteiger partial charge on any atom is -0.338 e. The topological polar surface area (TPSA) is 93.1 Å². The molecule has 0 atom stereocenters. The lowest BCUT2D eigenvalue weighted by Crippen LogP contribution is -2.41. The molecule has 3 aromatic rings. The fourth-order valence-electron chi connectivity index (χ4n) is 3.11. The minimum absolute atomic E-state index is 0.0484. The lowest BCUT2D eigenvalue weighted by molar-refractivity contribution is -0.117. The van der Waals surface area contributed by atoms with E-state index in [9.17, 15) is 14.4 Å². The van der Waals surface area contributed by atoms with Gasteiger partial charge in [-0.1, -0.05) is 43.8 Å². The highest BCUT2D eigenvalue weighted by Gasteiger charge is 2.16. The summed E-state index contributed by atoms with van der Waals surface area (Å²) >= 11 is 1.12. The number of benzene rings is 2. The van der Waals surface area contributed by atoms with E-state index in [0.717, 1.165) is 29.3 Å². The highest BCUT2D eigenvalue weighted by Crippen LogP contribution is 2.22. The van der Waals surface area contributed by atoms with Crippen LogP contribution < -0.4 is 16.2 Å². The Balaban J connectivity index is 1.84. The molecule has 0 radical (unpaired) electrons. The maximum absolute atomic E-state index is 13.3. The van der Waals surface area contributed by atoms with Gasteiger partial charge in [0.2, 0.25) is 5.91 Å². The number of para-hydroxylation sites is 1. The number of urea groups is 1. The predicted molar refractivity (Wildman–Crippen MR) is 129 cm³/mol. The molecule has 3 amide bonds. The highest BCUT2D eigenvalue weighted by molar-refractivity contribution is 7.99. The first kappa shape index (κ1) is 23.5. The lowest BCUT2D eigenvalue weighted by Gasteiger charge is -2.14. The number of imide groups is 1. The predicted octanol–water partition coefficient (Wildman–Crippen LogP) is 3.97. The summed E-state index contributed by atoms with van der Waals surface area (Å²) in [5, 5.41) is 5.90. The summed E-state index contributed by atoms with van der Waals surface area (Å²) in [6.45, 7) is 8.62. The Bertz CT molecular complexity index is 1200. The van der Waals surface area contributed by atoms with Gasteiger partial charge in [-0.05, 0) is 61.6 Å². The van der Waals surface area contributed by atoms with E-state index in [2.05, 4.69) is 29.5 Å². The van der Waals surface area contributed by atoms with Crippen LogP contribution in [0, 0.1) is 19.8 Å². The van der Waals surface area contributed by atoms with Crippen LogP contribution in [0.2, 0.25) is 0 Å². The van der Waals surface area contributed by atoms with E-state index in [1.165, 1.54) is 4.57 Å². The standard InChI is InChI=1S/C24H28N4O3S/c1-15(2)11-12-25-23(31)27-21(29)14-32-24-26-20-8-6-5-7-19(20)22(30)28(24)18-10-9-16(3)17(4)13-18/h5-10,13,15H,11-12,14H2,1-4H3,(H2,25,27,29,31). The number of nitrogens with zero attached hydrogens (tertiary/aromatic N) is 2. The van der Waals surface area contributed by atoms with Crippen molar-refractivity contribution in [1.29, 1.82) is 0 Å². The Morgan fingerprint density at radius 1 is 1.09 bits per heavy atom. The van der Waals surface area contributed by atoms with Crippen LogP contribution in [0.4, 0.5) is 4.79 Å². The van der Waals surface area contributed by atoms with Crippen LogP contribution in [-0.4, -0.2) is 33.8 Å². The summed E-state index contributed by atoms with van der Waals surface area (Å²) in [6.07, 6.45) is 0.833. The number of hydrogen-bond acceptors (Lipinski definition) is 5. The molecule has 2 aromatic carbocycles. The number of aromatic nitrogens is 2. The zero-order valence-corrected chi connectivity index (χ0v) is 19.6. The molecule has 0 aliphatic carbocycles. The number of nitrogens with one attached hydrogen (secondary N) is 2. The molecule has 0 saturated heterocycles. The molecule has 3 rings (SSSR count). The van der Waals surface area contributed by atoms with Gasteiger partial charge in [0.15, 0.2) is 5.16 Å². The molecule has 0 spiro atoms. The number of amides is 3. The number of aryl methyl sites for hydroxylation is 2. The first-order valence-electron chi connectivity index (χ1n) is 10.6. The summed E-state index contributed by atoms with van der Waals surface area (Å²) in [4.78, 5) is 42.1. The molecule has 32 heavy (non-hydrogen) atoms. The molecule has 0 saturated carbocycles. The van der Waals surface area contributed by atoms with Crippen LogP contribution in [0.5, 0.6) is 0 Å². The van der Waals surface area contributed by atoms with Crippen LogP contribution in [-0.2, 0) is 4.79 Å². The number of rotatable bonds is 7. The largest absolute Gasteiger partial charge is 0.338 e. The van der Waals surface area contributed by atoms with Crippen molar-refractivity contribution in [1.82, 2.24) is 20.2 Å². The average Bonchev–Trinajstić information content (AvgIpc) is 2.74. The summed E-state index contributed by atoms with van der Waals surface area (Å²) < 4.78 is 1.52. The fourth-order valence-corrected chi connectivity index (χ4v) is 3.93. The van der Waals surface area contributed by atoms with Gasteiger partial charge in [-0.2, -0.15) is 0 Å². The molecule has 0 aliphatic heterocycles. The maximum atomic E-state index is 13.3. The van der Waals surface area contributed by atoms with Crippen LogP contribution in [0.1, 0.15) is 31.4 Å². The van der Waals surface area contributed by atoms with Crippen molar-refractivity contribution < 1.29 is 9.59 Å². The van der Waals surface area contributed by atoms with Crippen LogP contribution in [0.15, 0.2) is 52.4 Å². The molecule has 0 unspecified atom stereocenters. The molecule has 168 valence electrons. The van der Waals surface area contributed by atoms with Gasteiger partial charge in [-0.3, -0.25) is 19.5 Å². The molecular weight excluding hydrogens is 424 g/mol. The van der Waals surface area contributed by atoms with Gasteiger partial charge >= 0.3 is 6.03 Å². The van der Waals surface area contributed by atoms with Crippen LogP contribution in [0.3, 0.4) is 0 Å². The molecule has 2 N–H and O–H groups in total. The van der Waals surface area contributed by atoms with Gasteiger partial charge in [0.05, 0.1) is 22.3 Å². The number of fused-ring (bicyclic) bond motifs is 1. The van der Waals surface area contributed by atoms with Gasteiger partial charge < -0.3 is 5.32 Å². The first-order valence-corrected chi connectivity index (χ1v) is 11.5. The lowest BCUT2D eigenvalue weighted by atomic mass is 10.1. The quantitative estimate of drug-likeness (QED) is 0.418. The zero-order valence-electron chi connectivity index (χ0n) is 18.8. The minimum atomic E-state index is -0.519. The van der Waals surface area contributed by atoms with Gasteiger partial charge in [0, 0.05) is 6.54 Å². The van der Waals surface area contributed by atoms with E-state index in [1.807, 2.05) is 38.1 Å². The van der Waals surface area contributed by atoms with Crippen molar-refractivity contribution in [3.05, 3.63) is 63.9 Å². The molecule has 1 aromatic heterocycles. The summed E-state index contributed by atoms with van der Waals surface area (Å²) in [5.74, 6) is -0.0403. The maximum Gasteiger partial charge on any atom is 0.321 e. The van der Waals surface area contributed by atoms with E-state index in [0.29, 0.717) is 34.2 Å². The van der Waals surface area contributed by atoms with Gasteiger partial charge in [0.25, 0.3) is 5.56 Å². The van der Waals surface area contributed by atoms with E-state index < -0.39 is 11.9 Å². The second-order valence-electron chi connectivity index (χ2n) is 8.10. The highest BCUT2D eigenvalue weighted by atomic mass is 32.2. The number of thioether (sulfide) groups is 1. The van der Waals surface area contributed by atoms with Crippen molar-refractivity contribution in [3.63, 3.8) is 0 Å². The van der Waals surface area contributed by atoms with Gasteiger partial charge in [0.1, 0.15) is 0 Å². The average molecular weight is 453 g/mol. The summed E-state index contributed by atoms with van der Waals surface area (Å²) in [7, 11) is 0. The third-order valence-electron chi connectivity index (χ3n) is 5.09. The third kappa shape index (κ3) is 5.76. The Hall–Kier alpha value is -3.13. The monoisotopic (exact) mass is 452 g/mol. The Morgan fingerprint density at radius 3 is 2.56 bits per heavy atom. The van der Waals surface area contributed by atoms with Crippen molar-refractivity contribution in [2.24, 2.45) is 5.92 Å².